The van der Waals surface area contributed by atoms with E-state index in [-0.39, 0.29) is 17.3 Å². The minimum Gasteiger partial charge on any atom is -0.324 e. The summed E-state index contributed by atoms with van der Waals surface area (Å²) in [6, 6.07) is 17.9. The summed E-state index contributed by atoms with van der Waals surface area (Å²) >= 11 is 1.17. The van der Waals surface area contributed by atoms with Crippen LogP contribution in [0.25, 0.3) is 21.0 Å². The Morgan fingerprint density at radius 3 is 2.69 bits per heavy atom. The van der Waals surface area contributed by atoms with E-state index < -0.39 is 0 Å². The molecule has 0 radical (unpaired) electrons. The molecule has 1 aromatic heterocycles. The number of anilines is 1. The lowest BCUT2D eigenvalue weighted by atomic mass is 10.0. The van der Waals surface area contributed by atoms with Crippen LogP contribution in [0.4, 0.5) is 5.69 Å². The molecule has 5 rings (SSSR count). The number of nitrogens with one attached hydrogen (secondary N) is 1. The van der Waals surface area contributed by atoms with Crippen molar-refractivity contribution in [3.05, 3.63) is 75.4 Å². The molecular weight excluding hydrogens is 344 g/mol. The number of rotatable bonds is 3. The fourth-order valence-electron chi connectivity index (χ4n) is 3.85. The summed E-state index contributed by atoms with van der Waals surface area (Å²) in [5, 5.41) is 5.35. The summed E-state index contributed by atoms with van der Waals surface area (Å²) in [5.74, 6) is -0.186. The molecule has 5 heteroatoms. The van der Waals surface area contributed by atoms with Gasteiger partial charge in [0.15, 0.2) is 0 Å². The highest BCUT2D eigenvalue weighted by molar-refractivity contribution is 7.16. The highest BCUT2D eigenvalue weighted by Gasteiger charge is 2.17. The molecule has 26 heavy (non-hydrogen) atoms. The number of carbonyl (C=O) groups excluding carboxylic acids is 1. The number of aromatic nitrogens is 1. The molecule has 0 spiro atoms. The maximum Gasteiger partial charge on any atom is 0.308 e. The third kappa shape index (κ3) is 2.35. The molecule has 0 aliphatic heterocycles. The lowest BCUT2D eigenvalue weighted by Crippen LogP contribution is -2.24. The molecule has 4 aromatic rings. The van der Waals surface area contributed by atoms with Crippen molar-refractivity contribution in [1.29, 1.82) is 0 Å². The zero-order valence-electron chi connectivity index (χ0n) is 14.0. The third-order valence-corrected chi connectivity index (χ3v) is 5.99. The molecule has 3 aromatic carbocycles. The molecule has 0 saturated carbocycles. The predicted octanol–water partition coefficient (Wildman–Crippen LogP) is 3.95. The number of thiazole rings is 1. The molecule has 1 heterocycles. The Hall–Kier alpha value is -2.92. The SMILES string of the molecule is O=C(Cn1c(=O)sc2ccccc21)Nc1ccc2c3c(cccc13)CC2. The molecule has 128 valence electrons. The second-order valence-corrected chi connectivity index (χ2v) is 7.58. The van der Waals surface area contributed by atoms with Crippen LogP contribution < -0.4 is 10.2 Å². The first-order chi connectivity index (χ1) is 12.7. The van der Waals surface area contributed by atoms with Crippen molar-refractivity contribution < 1.29 is 4.79 Å². The number of carbonyl (C=O) groups is 1. The molecular formula is C21H16N2O2S. The lowest BCUT2D eigenvalue weighted by Gasteiger charge is -2.11. The number of benzene rings is 3. The fourth-order valence-corrected chi connectivity index (χ4v) is 4.74. The largest absolute Gasteiger partial charge is 0.324 e. The van der Waals surface area contributed by atoms with E-state index in [1.54, 1.807) is 0 Å². The van der Waals surface area contributed by atoms with E-state index in [0.717, 1.165) is 34.1 Å². The van der Waals surface area contributed by atoms with Crippen molar-refractivity contribution in [2.24, 2.45) is 0 Å². The van der Waals surface area contributed by atoms with Crippen molar-refractivity contribution in [1.82, 2.24) is 4.57 Å². The number of hydrogen-bond donors (Lipinski definition) is 1. The van der Waals surface area contributed by atoms with Gasteiger partial charge in [-0.15, -0.1) is 0 Å². The smallest absolute Gasteiger partial charge is 0.308 e. The number of para-hydroxylation sites is 1. The number of aryl methyl sites for hydroxylation is 2. The Bertz CT molecular complexity index is 1230. The first-order valence-electron chi connectivity index (χ1n) is 8.62. The van der Waals surface area contributed by atoms with Gasteiger partial charge in [0.1, 0.15) is 6.54 Å². The fraction of sp³-hybridized carbons (Fsp3) is 0.143. The second kappa shape index (κ2) is 5.81. The third-order valence-electron chi connectivity index (χ3n) is 5.03. The maximum atomic E-state index is 12.6. The Kier molecular flexibility index (Phi) is 3.43. The van der Waals surface area contributed by atoms with E-state index in [2.05, 4.69) is 23.5 Å². The first-order valence-corrected chi connectivity index (χ1v) is 9.44. The summed E-state index contributed by atoms with van der Waals surface area (Å²) in [7, 11) is 0. The van der Waals surface area contributed by atoms with Crippen LogP contribution in [0.15, 0.2) is 59.4 Å². The zero-order valence-corrected chi connectivity index (χ0v) is 14.8. The topological polar surface area (TPSA) is 51.1 Å². The number of nitrogens with zero attached hydrogens (tertiary/aromatic N) is 1. The van der Waals surface area contributed by atoms with Gasteiger partial charge < -0.3 is 5.32 Å². The van der Waals surface area contributed by atoms with E-state index in [1.165, 1.54) is 32.4 Å². The normalized spacial score (nSPS) is 12.8. The number of amides is 1. The monoisotopic (exact) mass is 360 g/mol. The van der Waals surface area contributed by atoms with Crippen LogP contribution in [0.1, 0.15) is 11.1 Å². The Morgan fingerprint density at radius 2 is 1.81 bits per heavy atom. The van der Waals surface area contributed by atoms with Gasteiger partial charge in [0.05, 0.1) is 10.2 Å². The Balaban J connectivity index is 1.49. The molecule has 0 atom stereocenters. The summed E-state index contributed by atoms with van der Waals surface area (Å²) < 4.78 is 2.44. The van der Waals surface area contributed by atoms with Crippen LogP contribution in [-0.2, 0) is 24.2 Å². The van der Waals surface area contributed by atoms with Crippen molar-refractivity contribution in [3.8, 4) is 0 Å². The van der Waals surface area contributed by atoms with Crippen LogP contribution in [0, 0.1) is 0 Å². The summed E-state index contributed by atoms with van der Waals surface area (Å²) in [6.45, 7) is 0.0196. The van der Waals surface area contributed by atoms with Crippen molar-refractivity contribution in [3.63, 3.8) is 0 Å². The highest BCUT2D eigenvalue weighted by atomic mass is 32.1. The molecule has 1 N–H and O–H groups in total. The molecule has 1 aliphatic rings. The van der Waals surface area contributed by atoms with Crippen molar-refractivity contribution in [2.75, 3.05) is 5.32 Å². The van der Waals surface area contributed by atoms with E-state index in [9.17, 15) is 9.59 Å². The summed E-state index contributed by atoms with van der Waals surface area (Å²) in [4.78, 5) is 24.8. The standard InChI is InChI=1S/C21H16N2O2S/c24-19(12-23-17-6-1-2-7-18(17)26-21(23)25)22-16-11-10-14-9-8-13-4-3-5-15(16)20(13)14/h1-7,10-11H,8-9,12H2,(H,22,24). The molecule has 4 nitrogen and oxygen atoms in total. The average Bonchev–Trinajstić information content (AvgIpc) is 3.20. The minimum atomic E-state index is -0.186. The lowest BCUT2D eigenvalue weighted by molar-refractivity contribution is -0.116. The van der Waals surface area contributed by atoms with Crippen LogP contribution in [0.2, 0.25) is 0 Å². The van der Waals surface area contributed by atoms with Crippen molar-refractivity contribution >= 4 is 43.9 Å². The van der Waals surface area contributed by atoms with Gasteiger partial charge in [-0.05, 0) is 47.6 Å². The first kappa shape index (κ1) is 15.3. The van der Waals surface area contributed by atoms with Gasteiger partial charge in [-0.25, -0.2) is 0 Å². The average molecular weight is 360 g/mol. The predicted molar refractivity (Wildman–Crippen MR) is 106 cm³/mol. The van der Waals surface area contributed by atoms with Gasteiger partial charge in [0.2, 0.25) is 5.91 Å². The number of fused-ring (bicyclic) bond motifs is 1. The highest BCUT2D eigenvalue weighted by Crippen LogP contribution is 2.35. The Labute approximate surface area is 153 Å². The minimum absolute atomic E-state index is 0.0196. The molecule has 1 aliphatic carbocycles. The maximum absolute atomic E-state index is 12.6. The zero-order chi connectivity index (χ0) is 17.7. The van der Waals surface area contributed by atoms with Crippen LogP contribution in [-0.4, -0.2) is 10.5 Å². The second-order valence-electron chi connectivity index (χ2n) is 6.58. The van der Waals surface area contributed by atoms with Gasteiger partial charge in [-0.3, -0.25) is 14.2 Å². The van der Waals surface area contributed by atoms with Crippen LogP contribution >= 0.6 is 11.3 Å². The van der Waals surface area contributed by atoms with Gasteiger partial charge >= 0.3 is 4.87 Å². The summed E-state index contributed by atoms with van der Waals surface area (Å²) in [6.07, 6.45) is 2.11. The molecule has 0 unspecified atom stereocenters. The van der Waals surface area contributed by atoms with E-state index >= 15 is 0 Å². The van der Waals surface area contributed by atoms with Gasteiger partial charge in [-0.2, -0.15) is 0 Å². The van der Waals surface area contributed by atoms with E-state index in [1.807, 2.05) is 36.4 Å². The van der Waals surface area contributed by atoms with Gasteiger partial charge in [-0.1, -0.05) is 47.7 Å². The quantitative estimate of drug-likeness (QED) is 0.601. The molecule has 0 bridgehead atoms. The van der Waals surface area contributed by atoms with E-state index in [4.69, 9.17) is 0 Å². The molecule has 0 saturated heterocycles. The van der Waals surface area contributed by atoms with Gasteiger partial charge in [0.25, 0.3) is 0 Å². The van der Waals surface area contributed by atoms with Crippen LogP contribution in [0.3, 0.4) is 0 Å². The molecule has 1 amide bonds. The number of hydrogen-bond acceptors (Lipinski definition) is 3. The van der Waals surface area contributed by atoms with Gasteiger partial charge in [0, 0.05) is 11.1 Å². The molecule has 0 fully saturated rings. The van der Waals surface area contributed by atoms with E-state index in [0.29, 0.717) is 0 Å². The van der Waals surface area contributed by atoms with Crippen LogP contribution in [0.5, 0.6) is 0 Å². The Morgan fingerprint density at radius 1 is 1.00 bits per heavy atom. The summed E-state index contributed by atoms with van der Waals surface area (Å²) in [5.41, 5.74) is 4.30. The van der Waals surface area contributed by atoms with Crippen molar-refractivity contribution in [2.45, 2.75) is 19.4 Å².